The maximum atomic E-state index is 13.7. The van der Waals surface area contributed by atoms with Gasteiger partial charge in [0, 0.05) is 28.6 Å². The first kappa shape index (κ1) is 20.8. The molecule has 29 heavy (non-hydrogen) atoms. The Bertz CT molecular complexity index is 1020. The average molecular weight is 455 g/mol. The lowest BCUT2D eigenvalue weighted by atomic mass is 9.97. The molecule has 0 saturated carbocycles. The minimum atomic E-state index is -3.58. The molecule has 9 heteroatoms. The van der Waals surface area contributed by atoms with E-state index >= 15 is 0 Å². The van der Waals surface area contributed by atoms with Gasteiger partial charge in [0.25, 0.3) is 10.0 Å². The van der Waals surface area contributed by atoms with E-state index in [4.69, 9.17) is 0 Å². The number of benzene rings is 1. The van der Waals surface area contributed by atoms with Crippen molar-refractivity contribution in [2.45, 2.75) is 41.3 Å². The predicted molar refractivity (Wildman–Crippen MR) is 113 cm³/mol. The second-order valence-electron chi connectivity index (χ2n) is 7.45. The van der Waals surface area contributed by atoms with Crippen LogP contribution in [-0.4, -0.2) is 37.5 Å². The van der Waals surface area contributed by atoms with Gasteiger partial charge in [0.05, 0.1) is 12.0 Å². The van der Waals surface area contributed by atoms with Gasteiger partial charge in [-0.15, -0.1) is 23.1 Å². The van der Waals surface area contributed by atoms with Crippen LogP contribution in [0, 0.1) is 18.7 Å². The minimum absolute atomic E-state index is 0.153. The highest BCUT2D eigenvalue weighted by Crippen LogP contribution is 2.37. The summed E-state index contributed by atoms with van der Waals surface area (Å²) in [5.74, 6) is -0.0100. The van der Waals surface area contributed by atoms with Crippen LogP contribution in [0.2, 0.25) is 0 Å². The number of fused-ring (bicyclic) bond motifs is 1. The summed E-state index contributed by atoms with van der Waals surface area (Å²) in [5, 5.41) is 3.05. The number of hydrogen-bond acceptors (Lipinski definition) is 5. The summed E-state index contributed by atoms with van der Waals surface area (Å²) in [4.78, 5) is 14.9. The second-order valence-corrected chi connectivity index (χ2v) is 12.0. The molecule has 4 rings (SSSR count). The highest BCUT2D eigenvalue weighted by molar-refractivity contribution is 7.99. The van der Waals surface area contributed by atoms with Gasteiger partial charge < -0.3 is 5.32 Å². The third-order valence-electron chi connectivity index (χ3n) is 5.39. The van der Waals surface area contributed by atoms with Gasteiger partial charge in [-0.05, 0) is 62.1 Å². The molecular weight excluding hydrogens is 431 g/mol. The van der Waals surface area contributed by atoms with Crippen LogP contribution in [0.1, 0.15) is 35.7 Å². The molecule has 0 aliphatic carbocycles. The van der Waals surface area contributed by atoms with Gasteiger partial charge in [0.1, 0.15) is 10.0 Å². The van der Waals surface area contributed by atoms with Gasteiger partial charge in [0.2, 0.25) is 5.91 Å². The maximum absolute atomic E-state index is 13.7. The van der Waals surface area contributed by atoms with Gasteiger partial charge in [-0.3, -0.25) is 4.79 Å². The third kappa shape index (κ3) is 4.38. The van der Waals surface area contributed by atoms with Crippen molar-refractivity contribution >= 4 is 39.0 Å². The quantitative estimate of drug-likeness (QED) is 0.760. The van der Waals surface area contributed by atoms with Crippen LogP contribution in [0.4, 0.5) is 4.39 Å². The van der Waals surface area contributed by atoms with Crippen LogP contribution in [-0.2, 0) is 14.8 Å². The van der Waals surface area contributed by atoms with E-state index in [9.17, 15) is 17.6 Å². The van der Waals surface area contributed by atoms with Crippen LogP contribution in [0.5, 0.6) is 0 Å². The topological polar surface area (TPSA) is 66.5 Å². The Morgan fingerprint density at radius 3 is 2.83 bits per heavy atom. The van der Waals surface area contributed by atoms with Crippen molar-refractivity contribution in [2.75, 3.05) is 18.8 Å². The van der Waals surface area contributed by atoms with E-state index in [0.717, 1.165) is 27.5 Å². The van der Waals surface area contributed by atoms with Crippen molar-refractivity contribution in [3.8, 4) is 0 Å². The Morgan fingerprint density at radius 1 is 1.24 bits per heavy atom. The molecule has 1 N–H and O–H groups in total. The zero-order valence-corrected chi connectivity index (χ0v) is 18.5. The fraction of sp³-hybridized carbons (Fsp3) is 0.450. The average Bonchev–Trinajstić information content (AvgIpc) is 3.16. The molecule has 2 aromatic rings. The summed E-state index contributed by atoms with van der Waals surface area (Å²) in [6.07, 6.45) is 2.03. The van der Waals surface area contributed by atoms with E-state index in [2.05, 4.69) is 5.32 Å². The number of aryl methyl sites for hydroxylation is 1. The normalized spacial score (nSPS) is 22.8. The minimum Gasteiger partial charge on any atom is -0.349 e. The van der Waals surface area contributed by atoms with Crippen molar-refractivity contribution in [3.05, 3.63) is 46.6 Å². The van der Waals surface area contributed by atoms with E-state index in [0.29, 0.717) is 23.6 Å². The van der Waals surface area contributed by atoms with Gasteiger partial charge in [-0.25, -0.2) is 12.8 Å². The molecule has 2 unspecified atom stereocenters. The highest BCUT2D eigenvalue weighted by Gasteiger charge is 2.35. The number of thiophene rings is 1. The summed E-state index contributed by atoms with van der Waals surface area (Å²) in [7, 11) is -3.58. The van der Waals surface area contributed by atoms with Gasteiger partial charge in [-0.2, -0.15) is 4.31 Å². The fourth-order valence-electron chi connectivity index (χ4n) is 3.86. The SMILES string of the molecule is Cc1ccc(S(=O)(=O)N2CCCC(C(=O)NC3CCSc4ccc(F)cc43)C2)s1. The van der Waals surface area contributed by atoms with Crippen molar-refractivity contribution in [3.63, 3.8) is 0 Å². The Kier molecular flexibility index (Phi) is 6.02. The third-order valence-corrected chi connectivity index (χ3v) is 9.85. The number of thioether (sulfide) groups is 1. The van der Waals surface area contributed by atoms with Crippen molar-refractivity contribution in [2.24, 2.45) is 5.92 Å². The smallest absolute Gasteiger partial charge is 0.252 e. The predicted octanol–water partition coefficient (Wildman–Crippen LogP) is 3.95. The number of nitrogens with zero attached hydrogens (tertiary/aromatic N) is 1. The second kappa shape index (κ2) is 8.37. The van der Waals surface area contributed by atoms with Crippen LogP contribution in [0.15, 0.2) is 39.4 Å². The number of halogens is 1. The van der Waals surface area contributed by atoms with Crippen LogP contribution >= 0.6 is 23.1 Å². The number of rotatable bonds is 4. The summed E-state index contributed by atoms with van der Waals surface area (Å²) >= 11 is 2.91. The lowest BCUT2D eigenvalue weighted by Gasteiger charge is -2.33. The Balaban J connectivity index is 1.47. The van der Waals surface area contributed by atoms with Crippen LogP contribution in [0.25, 0.3) is 0 Å². The zero-order chi connectivity index (χ0) is 20.6. The fourth-order valence-corrected chi connectivity index (χ4v) is 7.92. The van der Waals surface area contributed by atoms with E-state index in [1.165, 1.54) is 27.8 Å². The molecule has 2 aliphatic rings. The molecule has 156 valence electrons. The highest BCUT2D eigenvalue weighted by atomic mass is 32.2. The molecule has 3 heterocycles. The van der Waals surface area contributed by atoms with Crippen LogP contribution < -0.4 is 5.32 Å². The van der Waals surface area contributed by atoms with E-state index < -0.39 is 15.9 Å². The summed E-state index contributed by atoms with van der Waals surface area (Å²) < 4.78 is 41.3. The molecule has 1 aromatic heterocycles. The largest absolute Gasteiger partial charge is 0.349 e. The van der Waals surface area contributed by atoms with Crippen LogP contribution in [0.3, 0.4) is 0 Å². The van der Waals surface area contributed by atoms with E-state index in [-0.39, 0.29) is 24.3 Å². The molecule has 1 aromatic carbocycles. The molecule has 2 aliphatic heterocycles. The molecule has 5 nitrogen and oxygen atoms in total. The Labute approximate surface area is 178 Å². The van der Waals surface area contributed by atoms with Gasteiger partial charge >= 0.3 is 0 Å². The summed E-state index contributed by atoms with van der Waals surface area (Å²) in [6.45, 7) is 2.49. The van der Waals surface area contributed by atoms with Gasteiger partial charge in [-0.1, -0.05) is 0 Å². The maximum Gasteiger partial charge on any atom is 0.252 e. The number of sulfonamides is 1. The Morgan fingerprint density at radius 2 is 2.07 bits per heavy atom. The standard InChI is InChI=1S/C20H23FN2O3S3/c1-13-4-7-19(28-13)29(25,26)23-9-2-3-14(12-23)20(24)22-17-8-10-27-18-6-5-15(21)11-16(17)18/h4-7,11,14,17H,2-3,8-10,12H2,1H3,(H,22,24). The zero-order valence-electron chi connectivity index (χ0n) is 16.1. The molecule has 1 fully saturated rings. The van der Waals surface area contributed by atoms with E-state index in [1.54, 1.807) is 30.0 Å². The first-order valence-electron chi connectivity index (χ1n) is 9.64. The summed E-state index contributed by atoms with van der Waals surface area (Å²) in [6, 6.07) is 7.87. The van der Waals surface area contributed by atoms with Crippen molar-refractivity contribution in [1.29, 1.82) is 0 Å². The lowest BCUT2D eigenvalue weighted by molar-refractivity contribution is -0.126. The lowest BCUT2D eigenvalue weighted by Crippen LogP contribution is -2.46. The molecule has 2 atom stereocenters. The number of piperidine rings is 1. The number of carbonyl (C=O) groups is 1. The molecule has 0 spiro atoms. The molecule has 1 amide bonds. The molecule has 1 saturated heterocycles. The number of nitrogens with one attached hydrogen (secondary N) is 1. The molecule has 0 bridgehead atoms. The molecule has 0 radical (unpaired) electrons. The molecular formula is C20H23FN2O3S3. The van der Waals surface area contributed by atoms with Gasteiger partial charge in [0.15, 0.2) is 0 Å². The first-order valence-corrected chi connectivity index (χ1v) is 12.9. The van der Waals surface area contributed by atoms with Crippen molar-refractivity contribution < 1.29 is 17.6 Å². The Hall–Kier alpha value is -1.42. The monoisotopic (exact) mass is 454 g/mol. The van der Waals surface area contributed by atoms with Crippen molar-refractivity contribution in [1.82, 2.24) is 9.62 Å². The van der Waals surface area contributed by atoms with E-state index in [1.807, 2.05) is 6.92 Å². The number of hydrogen-bond donors (Lipinski definition) is 1. The summed E-state index contributed by atoms with van der Waals surface area (Å²) in [5.41, 5.74) is 0.809. The first-order chi connectivity index (χ1) is 13.8. The number of carbonyl (C=O) groups excluding carboxylic acids is 1. The number of amides is 1.